The van der Waals surface area contributed by atoms with Crippen molar-refractivity contribution in [2.75, 3.05) is 26.4 Å². The summed E-state index contributed by atoms with van der Waals surface area (Å²) in [6.45, 7) is 55.2. The molecule has 0 aliphatic carbocycles. The van der Waals surface area contributed by atoms with E-state index in [2.05, 4.69) is 180 Å². The Balaban J connectivity index is 0.000000420. The molecule has 0 saturated carbocycles. The number of aliphatic hydroxyl groups excluding tert-OH is 4. The van der Waals surface area contributed by atoms with Gasteiger partial charge in [0, 0.05) is 36.0 Å². The van der Waals surface area contributed by atoms with Crippen molar-refractivity contribution in [1.29, 1.82) is 0 Å². The summed E-state index contributed by atoms with van der Waals surface area (Å²) in [5.41, 5.74) is -0.107. The van der Waals surface area contributed by atoms with Crippen LogP contribution < -0.4 is 0 Å². The van der Waals surface area contributed by atoms with Gasteiger partial charge in [-0.1, -0.05) is 166 Å². The van der Waals surface area contributed by atoms with Crippen LogP contribution in [-0.2, 0) is 28.4 Å². The van der Waals surface area contributed by atoms with Gasteiger partial charge in [-0.05, 0) is 78.8 Å². The van der Waals surface area contributed by atoms with Crippen LogP contribution in [0.3, 0.4) is 0 Å². The van der Waals surface area contributed by atoms with E-state index in [0.29, 0.717) is 0 Å². The van der Waals surface area contributed by atoms with E-state index >= 15 is 0 Å². The van der Waals surface area contributed by atoms with Gasteiger partial charge in [0.05, 0.1) is 63.1 Å². The van der Waals surface area contributed by atoms with Crippen molar-refractivity contribution < 1.29 is 48.8 Å². The maximum atomic E-state index is 9.07. The van der Waals surface area contributed by atoms with Crippen molar-refractivity contribution in [3.8, 4) is 0 Å². The number of hydrogen-bond acceptors (Lipinski definition) is 10. The lowest BCUT2D eigenvalue weighted by molar-refractivity contribution is 0.00544. The average molecular weight is 976 g/mol. The second kappa shape index (κ2) is 22.9. The van der Waals surface area contributed by atoms with Crippen LogP contribution in [0, 0.1) is 65.0 Å². The van der Waals surface area contributed by atoms with E-state index in [9.17, 15) is 0 Å². The van der Waals surface area contributed by atoms with E-state index in [-0.39, 0.29) is 164 Å². The molecule has 0 amide bonds. The summed E-state index contributed by atoms with van der Waals surface area (Å²) >= 11 is 0. The van der Waals surface area contributed by atoms with Crippen LogP contribution in [0.4, 0.5) is 0 Å². The molecule has 0 aromatic rings. The molecule has 0 bridgehead atoms. The molecule has 6 saturated heterocycles. The highest BCUT2D eigenvalue weighted by molar-refractivity contribution is 6.13. The molecule has 6 heterocycles. The summed E-state index contributed by atoms with van der Waals surface area (Å²) < 4.78 is 33.0. The zero-order valence-electron chi connectivity index (χ0n) is 49.5. The first kappa shape index (κ1) is 68.0. The SMILES string of the molecule is [B][C@@H]1O[C@@H](C)C(C)(C)C1(C)C.[B][C@@H]1O[C@@H](CO)C(C)(C)C1(C)C.[B][C@@H]1O[C@H](CO)C(C)(C)C1(C)C.[B][C@H]1O[C@@H](C)C(C)(C)C1(C)C.[B][C@H]1O[C@@H](CO)C(C)(C)C1(C)C.[B][C@H]1O[C@H](CO)C(C)(C)C1(C)C. The van der Waals surface area contributed by atoms with Gasteiger partial charge in [-0.2, -0.15) is 0 Å². The number of ether oxygens (including phenoxy) is 6. The minimum Gasteiger partial charge on any atom is -0.394 e. The number of hydrogen-bond donors (Lipinski definition) is 4. The molecule has 70 heavy (non-hydrogen) atoms. The standard InChI is InChI=1S/4C9H17BO2.2C9H17BO/c4*1-8(2)6(5-11)12-7(10)9(8,3)4;2*1-6-8(2,3)9(4,5)7(10)11-6/h4*6-7,11H,5H2,1-4H3;2*6-7H,1-5H3/t2*6-,7+;2*6-,7-;6-,7+;6-,7-/m101000/s1. The maximum absolute atomic E-state index is 9.07. The van der Waals surface area contributed by atoms with E-state index in [4.69, 9.17) is 95.9 Å². The molecule has 6 fully saturated rings. The summed E-state index contributed by atoms with van der Waals surface area (Å²) in [6.07, 6.45) is -0.0324. The van der Waals surface area contributed by atoms with Crippen molar-refractivity contribution in [3.05, 3.63) is 0 Å². The quantitative estimate of drug-likeness (QED) is 0.209. The Morgan fingerprint density at radius 2 is 0.371 bits per heavy atom. The summed E-state index contributed by atoms with van der Waals surface area (Å²) in [5.74, 6) is 0. The van der Waals surface area contributed by atoms with Gasteiger partial charge in [0.1, 0.15) is 47.1 Å². The lowest BCUT2D eigenvalue weighted by Crippen LogP contribution is -2.39. The van der Waals surface area contributed by atoms with Crippen molar-refractivity contribution in [1.82, 2.24) is 0 Å². The van der Waals surface area contributed by atoms with Crippen LogP contribution in [0.5, 0.6) is 0 Å². The smallest absolute Gasteiger partial charge is 0.109 e. The fourth-order valence-electron chi connectivity index (χ4n) is 9.18. The molecule has 0 aromatic heterocycles. The van der Waals surface area contributed by atoms with Gasteiger partial charge in [-0.3, -0.25) is 0 Å². The Kier molecular flexibility index (Phi) is 22.3. The molecule has 6 rings (SSSR count). The Bertz CT molecular complexity index is 1410. The highest BCUT2D eigenvalue weighted by Crippen LogP contribution is 2.55. The van der Waals surface area contributed by atoms with Gasteiger partial charge in [0.25, 0.3) is 0 Å². The molecule has 396 valence electrons. The van der Waals surface area contributed by atoms with Crippen molar-refractivity contribution in [3.63, 3.8) is 0 Å². The van der Waals surface area contributed by atoms with Crippen LogP contribution in [0.15, 0.2) is 0 Å². The molecule has 6 aliphatic rings. The van der Waals surface area contributed by atoms with E-state index < -0.39 is 0 Å². The minimum atomic E-state index is -0.273. The van der Waals surface area contributed by atoms with Crippen LogP contribution in [0.2, 0.25) is 0 Å². The normalized spacial score (nSPS) is 39.2. The Hall–Kier alpha value is -0.0104. The fourth-order valence-corrected chi connectivity index (χ4v) is 9.18. The highest BCUT2D eigenvalue weighted by Gasteiger charge is 2.57. The van der Waals surface area contributed by atoms with Gasteiger partial charge in [-0.15, -0.1) is 0 Å². The van der Waals surface area contributed by atoms with Gasteiger partial charge in [-0.25, -0.2) is 0 Å². The van der Waals surface area contributed by atoms with Crippen LogP contribution in [0.1, 0.15) is 180 Å². The van der Waals surface area contributed by atoms with Crippen molar-refractivity contribution >= 4 is 47.1 Å². The van der Waals surface area contributed by atoms with E-state index in [1.165, 1.54) is 0 Å². The summed E-state index contributed by atoms with van der Waals surface area (Å²) in [5, 5.41) is 36.3. The maximum Gasteiger partial charge on any atom is 0.109 e. The first-order chi connectivity index (χ1) is 30.9. The second-order valence-electron chi connectivity index (χ2n) is 28.0. The lowest BCUT2D eigenvalue weighted by atomic mass is 9.61. The topological polar surface area (TPSA) is 136 Å². The average Bonchev–Trinajstić information content (AvgIpc) is 3.75. The molecule has 0 aromatic carbocycles. The molecule has 0 spiro atoms. The zero-order valence-corrected chi connectivity index (χ0v) is 49.5. The van der Waals surface area contributed by atoms with Crippen LogP contribution in [-0.4, -0.2) is 167 Å². The fraction of sp³-hybridized carbons (Fsp3) is 1.00. The molecule has 16 heteroatoms. The number of aliphatic hydroxyl groups is 4. The molecular weight excluding hydrogens is 873 g/mol. The molecule has 6 aliphatic heterocycles. The molecule has 4 N–H and O–H groups in total. The predicted molar refractivity (Wildman–Crippen MR) is 292 cm³/mol. The number of rotatable bonds is 4. The largest absolute Gasteiger partial charge is 0.394 e. The van der Waals surface area contributed by atoms with Gasteiger partial charge < -0.3 is 48.8 Å². The van der Waals surface area contributed by atoms with E-state index in [1.54, 1.807) is 0 Å². The third-order valence-corrected chi connectivity index (χ3v) is 22.1. The second-order valence-corrected chi connectivity index (χ2v) is 28.0. The first-order valence-corrected chi connectivity index (χ1v) is 25.8. The van der Waals surface area contributed by atoms with Crippen molar-refractivity contribution in [2.45, 2.75) is 253 Å². The Morgan fingerprint density at radius 3 is 0.414 bits per heavy atom. The molecule has 12 atom stereocenters. The van der Waals surface area contributed by atoms with Crippen LogP contribution >= 0.6 is 0 Å². The molecule has 0 unspecified atom stereocenters. The van der Waals surface area contributed by atoms with Crippen molar-refractivity contribution in [2.24, 2.45) is 65.0 Å². The zero-order chi connectivity index (χ0) is 56.0. The molecule has 12 radical (unpaired) electrons. The lowest BCUT2D eigenvalue weighted by Gasteiger charge is -2.37. The van der Waals surface area contributed by atoms with Crippen LogP contribution in [0.25, 0.3) is 0 Å². The molecular formula is C54H102B6O10. The summed E-state index contributed by atoms with van der Waals surface area (Å²) in [7, 11) is 35.0. The Morgan fingerprint density at radius 1 is 0.243 bits per heavy atom. The summed E-state index contributed by atoms with van der Waals surface area (Å²) in [6, 6.07) is -1.33. The third-order valence-electron chi connectivity index (χ3n) is 22.1. The highest BCUT2D eigenvalue weighted by atomic mass is 16.5. The minimum absolute atomic E-state index is 0.0458. The molecule has 10 nitrogen and oxygen atoms in total. The van der Waals surface area contributed by atoms with E-state index in [1.807, 2.05) is 0 Å². The van der Waals surface area contributed by atoms with Gasteiger partial charge in [0.2, 0.25) is 0 Å². The summed E-state index contributed by atoms with van der Waals surface area (Å²) in [4.78, 5) is 0. The first-order valence-electron chi connectivity index (χ1n) is 25.8. The third kappa shape index (κ3) is 12.2. The monoisotopic (exact) mass is 977 g/mol. The predicted octanol–water partition coefficient (Wildman–Crippen LogP) is 7.60. The van der Waals surface area contributed by atoms with Gasteiger partial charge >= 0.3 is 0 Å². The van der Waals surface area contributed by atoms with E-state index in [0.717, 1.165) is 0 Å². The Labute approximate surface area is 438 Å². The van der Waals surface area contributed by atoms with Gasteiger partial charge in [0.15, 0.2) is 0 Å².